The van der Waals surface area contributed by atoms with Gasteiger partial charge in [-0.05, 0) is 37.3 Å². The maximum atomic E-state index is 8.83. The van der Waals surface area contributed by atoms with E-state index in [-0.39, 0.29) is 5.88 Å². The van der Waals surface area contributed by atoms with Gasteiger partial charge in [-0.25, -0.2) is 0 Å². The van der Waals surface area contributed by atoms with E-state index < -0.39 is 0 Å². The lowest BCUT2D eigenvalue weighted by atomic mass is 9.98. The molecule has 0 aromatic heterocycles. The molecule has 2 heteroatoms. The van der Waals surface area contributed by atoms with Crippen molar-refractivity contribution < 1.29 is 5.11 Å². The van der Waals surface area contributed by atoms with Crippen LogP contribution in [0.4, 0.5) is 0 Å². The first kappa shape index (κ1) is 8.91. The predicted molar refractivity (Wildman–Crippen MR) is 50.6 cm³/mol. The van der Waals surface area contributed by atoms with Crippen LogP contribution in [0.2, 0.25) is 0 Å². The second-order valence-electron chi connectivity index (χ2n) is 3.07. The van der Waals surface area contributed by atoms with Crippen LogP contribution in [0.1, 0.15) is 26.2 Å². The van der Waals surface area contributed by atoms with E-state index >= 15 is 0 Å². The molecule has 2 nitrogen and oxygen atoms in total. The molecule has 3 N–H and O–H groups in total. The first-order chi connectivity index (χ1) is 5.70. The van der Waals surface area contributed by atoms with Gasteiger partial charge in [0.1, 0.15) is 0 Å². The van der Waals surface area contributed by atoms with E-state index in [2.05, 4.69) is 12.2 Å². The molecule has 0 saturated carbocycles. The smallest absolute Gasteiger partial charge is 0.181 e. The molecule has 1 aliphatic carbocycles. The largest absolute Gasteiger partial charge is 0.495 e. The minimum absolute atomic E-state index is 0.112. The molecule has 0 unspecified atom stereocenters. The van der Waals surface area contributed by atoms with E-state index in [9.17, 15) is 0 Å². The van der Waals surface area contributed by atoms with Crippen LogP contribution in [-0.4, -0.2) is 5.11 Å². The minimum atomic E-state index is -0.112. The highest BCUT2D eigenvalue weighted by molar-refractivity contribution is 5.33. The second-order valence-corrected chi connectivity index (χ2v) is 3.07. The number of nitrogens with two attached hydrogens (primary N) is 1. The van der Waals surface area contributed by atoms with Crippen LogP contribution in [0.5, 0.6) is 0 Å². The predicted octanol–water partition coefficient (Wildman–Crippen LogP) is 2.40. The third-order valence-corrected chi connectivity index (χ3v) is 2.01. The summed E-state index contributed by atoms with van der Waals surface area (Å²) >= 11 is 0. The Balaban J connectivity index is 2.81. The zero-order chi connectivity index (χ0) is 8.97. The Morgan fingerprint density at radius 3 is 2.92 bits per heavy atom. The molecule has 12 heavy (non-hydrogen) atoms. The lowest BCUT2D eigenvalue weighted by Gasteiger charge is -2.09. The van der Waals surface area contributed by atoms with Gasteiger partial charge in [-0.15, -0.1) is 0 Å². The molecular weight excluding hydrogens is 150 g/mol. The van der Waals surface area contributed by atoms with Crippen molar-refractivity contribution in [2.45, 2.75) is 26.2 Å². The molecule has 0 fully saturated rings. The van der Waals surface area contributed by atoms with Gasteiger partial charge < -0.3 is 10.8 Å². The van der Waals surface area contributed by atoms with Crippen molar-refractivity contribution in [2.24, 2.45) is 5.73 Å². The first-order valence-electron chi connectivity index (χ1n) is 4.22. The molecule has 0 saturated heterocycles. The molecule has 0 bridgehead atoms. The maximum Gasteiger partial charge on any atom is 0.181 e. The monoisotopic (exact) mass is 165 g/mol. The van der Waals surface area contributed by atoms with E-state index in [0.29, 0.717) is 0 Å². The van der Waals surface area contributed by atoms with E-state index in [0.717, 1.165) is 18.4 Å². The highest BCUT2D eigenvalue weighted by atomic mass is 16.3. The van der Waals surface area contributed by atoms with Crippen molar-refractivity contribution >= 4 is 0 Å². The van der Waals surface area contributed by atoms with Gasteiger partial charge >= 0.3 is 0 Å². The van der Waals surface area contributed by atoms with E-state index in [1.54, 1.807) is 6.08 Å². The van der Waals surface area contributed by atoms with Crippen LogP contribution in [0.25, 0.3) is 0 Å². The summed E-state index contributed by atoms with van der Waals surface area (Å²) in [5, 5.41) is 8.83. The zero-order valence-corrected chi connectivity index (χ0v) is 7.38. The fraction of sp³-hybridized carbons (Fsp3) is 0.400. The molecule has 0 heterocycles. The third kappa shape index (κ3) is 2.46. The maximum absolute atomic E-state index is 8.83. The second kappa shape index (κ2) is 4.00. The van der Waals surface area contributed by atoms with Crippen molar-refractivity contribution in [1.29, 1.82) is 0 Å². The van der Waals surface area contributed by atoms with Crippen LogP contribution in [0.3, 0.4) is 0 Å². The van der Waals surface area contributed by atoms with Gasteiger partial charge in [0.2, 0.25) is 0 Å². The van der Waals surface area contributed by atoms with E-state index in [4.69, 9.17) is 10.8 Å². The molecule has 0 aromatic carbocycles. The third-order valence-electron chi connectivity index (χ3n) is 2.01. The van der Waals surface area contributed by atoms with E-state index in [1.807, 2.05) is 6.92 Å². The summed E-state index contributed by atoms with van der Waals surface area (Å²) in [5.74, 6) is -0.112. The van der Waals surface area contributed by atoms with Crippen LogP contribution >= 0.6 is 0 Å². The van der Waals surface area contributed by atoms with Gasteiger partial charge in [-0.3, -0.25) is 0 Å². The Bertz CT molecular complexity index is 245. The molecule has 0 amide bonds. The lowest BCUT2D eigenvalue weighted by molar-refractivity contribution is 0.405. The molecule has 0 aliphatic heterocycles. The van der Waals surface area contributed by atoms with Gasteiger partial charge in [0.25, 0.3) is 0 Å². The Morgan fingerprint density at radius 2 is 2.42 bits per heavy atom. The summed E-state index contributed by atoms with van der Waals surface area (Å²) < 4.78 is 0. The number of rotatable bonds is 1. The Hall–Kier alpha value is -1.18. The molecule has 0 aromatic rings. The molecule has 1 rings (SSSR count). The molecule has 0 atom stereocenters. The van der Waals surface area contributed by atoms with Gasteiger partial charge in [0, 0.05) is 6.08 Å². The van der Waals surface area contributed by atoms with E-state index in [1.165, 1.54) is 12.0 Å². The Kier molecular flexibility index (Phi) is 2.97. The van der Waals surface area contributed by atoms with Gasteiger partial charge in [-0.2, -0.15) is 0 Å². The summed E-state index contributed by atoms with van der Waals surface area (Å²) in [4.78, 5) is 0. The van der Waals surface area contributed by atoms with Crippen molar-refractivity contribution in [3.05, 3.63) is 35.3 Å². The average Bonchev–Trinajstić information content (AvgIpc) is 2.05. The molecule has 66 valence electrons. The summed E-state index contributed by atoms with van der Waals surface area (Å²) in [6.07, 6.45) is 9.32. The fourth-order valence-corrected chi connectivity index (χ4v) is 1.36. The summed E-state index contributed by atoms with van der Waals surface area (Å²) in [7, 11) is 0. The SMILES string of the molecule is CC(/C=C(\N)O)=C1\C=CCCC1. The molecule has 0 spiro atoms. The normalized spacial score (nSPS) is 22.6. The highest BCUT2D eigenvalue weighted by Crippen LogP contribution is 2.20. The number of hydrogen-bond acceptors (Lipinski definition) is 2. The van der Waals surface area contributed by atoms with Crippen LogP contribution in [0, 0.1) is 0 Å². The van der Waals surface area contributed by atoms with Crippen molar-refractivity contribution in [2.75, 3.05) is 0 Å². The molecule has 0 radical (unpaired) electrons. The molecular formula is C10H15NO. The standard InChI is InChI=1S/C10H15NO/c1-8(7-10(11)12)9-5-3-2-4-6-9/h3,5,7,12H,2,4,6,11H2,1H3/b9-8-,10-7+. The Labute approximate surface area is 73.1 Å². The fourth-order valence-electron chi connectivity index (χ4n) is 1.36. The number of allylic oxidation sites excluding steroid dienone is 5. The number of aliphatic hydroxyl groups is 1. The first-order valence-corrected chi connectivity index (χ1v) is 4.22. The van der Waals surface area contributed by atoms with Crippen LogP contribution in [-0.2, 0) is 0 Å². The van der Waals surface area contributed by atoms with Crippen molar-refractivity contribution in [1.82, 2.24) is 0 Å². The lowest BCUT2D eigenvalue weighted by Crippen LogP contribution is -1.96. The summed E-state index contributed by atoms with van der Waals surface area (Å²) in [6.45, 7) is 1.97. The number of hydrogen-bond donors (Lipinski definition) is 2. The van der Waals surface area contributed by atoms with Crippen LogP contribution < -0.4 is 5.73 Å². The minimum Gasteiger partial charge on any atom is -0.495 e. The highest BCUT2D eigenvalue weighted by Gasteiger charge is 2.01. The van der Waals surface area contributed by atoms with Crippen molar-refractivity contribution in [3.63, 3.8) is 0 Å². The quantitative estimate of drug-likeness (QED) is 0.586. The summed E-state index contributed by atoms with van der Waals surface area (Å²) in [6, 6.07) is 0. The average molecular weight is 165 g/mol. The van der Waals surface area contributed by atoms with Crippen molar-refractivity contribution in [3.8, 4) is 0 Å². The topological polar surface area (TPSA) is 46.2 Å². The molecule has 1 aliphatic rings. The summed E-state index contributed by atoms with van der Waals surface area (Å²) in [5.41, 5.74) is 7.50. The van der Waals surface area contributed by atoms with Gasteiger partial charge in [0.05, 0.1) is 0 Å². The zero-order valence-electron chi connectivity index (χ0n) is 7.38. The van der Waals surface area contributed by atoms with Crippen LogP contribution in [0.15, 0.2) is 35.3 Å². The number of aliphatic hydroxyl groups excluding tert-OH is 1. The Morgan fingerprint density at radius 1 is 1.67 bits per heavy atom. The van der Waals surface area contributed by atoms with Gasteiger partial charge in [0.15, 0.2) is 5.88 Å². The van der Waals surface area contributed by atoms with Gasteiger partial charge in [-0.1, -0.05) is 12.2 Å².